The molecule has 3 nitrogen and oxygen atoms in total. The minimum atomic E-state index is -0.475. The summed E-state index contributed by atoms with van der Waals surface area (Å²) in [4.78, 5) is 11.4. The molecule has 1 rings (SSSR count). The molecule has 0 fully saturated rings. The lowest BCUT2D eigenvalue weighted by atomic mass is 10.1. The molecule has 0 saturated heterocycles. The van der Waals surface area contributed by atoms with Crippen LogP contribution in [0.3, 0.4) is 0 Å². The number of rotatable bonds is 2. The smallest absolute Gasteiger partial charge is 0.407 e. The van der Waals surface area contributed by atoms with Gasteiger partial charge in [0.1, 0.15) is 5.60 Å². The van der Waals surface area contributed by atoms with E-state index in [9.17, 15) is 4.79 Å². The van der Waals surface area contributed by atoms with E-state index in [2.05, 4.69) is 11.2 Å². The van der Waals surface area contributed by atoms with Gasteiger partial charge in [-0.05, 0) is 38.5 Å². The summed E-state index contributed by atoms with van der Waals surface area (Å²) in [5, 5.41) is 2.68. The molecule has 0 spiro atoms. The van der Waals surface area contributed by atoms with Crippen molar-refractivity contribution >= 4 is 6.09 Å². The third-order valence-electron chi connectivity index (χ3n) is 1.96. The number of carbonyl (C=O) groups is 1. The number of terminal acetylenes is 1. The molecule has 0 aliphatic heterocycles. The SMILES string of the molecule is C#Cc1ccc(CNC(=O)OC(C)(C)C)cc1. The Bertz CT molecular complexity index is 421. The number of hydrogen-bond donors (Lipinski definition) is 1. The van der Waals surface area contributed by atoms with Crippen LogP contribution in [0.4, 0.5) is 4.79 Å². The average molecular weight is 231 g/mol. The average Bonchev–Trinajstić information content (AvgIpc) is 2.25. The van der Waals surface area contributed by atoms with Crippen molar-refractivity contribution in [3.8, 4) is 12.3 Å². The van der Waals surface area contributed by atoms with Gasteiger partial charge in [-0.3, -0.25) is 0 Å². The molecule has 0 bridgehead atoms. The van der Waals surface area contributed by atoms with E-state index in [1.807, 2.05) is 45.0 Å². The van der Waals surface area contributed by atoms with Crippen LogP contribution in [-0.2, 0) is 11.3 Å². The zero-order valence-electron chi connectivity index (χ0n) is 10.4. The molecule has 0 unspecified atom stereocenters. The van der Waals surface area contributed by atoms with E-state index in [1.54, 1.807) is 0 Å². The molecule has 0 aliphatic rings. The second-order valence-corrected chi connectivity index (χ2v) is 4.70. The summed E-state index contributed by atoms with van der Waals surface area (Å²) in [6.45, 7) is 5.91. The molecule has 90 valence electrons. The first-order valence-electron chi connectivity index (χ1n) is 5.43. The normalized spacial score (nSPS) is 10.5. The highest BCUT2D eigenvalue weighted by molar-refractivity contribution is 5.67. The third kappa shape index (κ3) is 5.07. The quantitative estimate of drug-likeness (QED) is 0.795. The molecule has 0 heterocycles. The highest BCUT2D eigenvalue weighted by Crippen LogP contribution is 2.07. The standard InChI is InChI=1S/C14H17NO2/c1-5-11-6-8-12(9-7-11)10-15-13(16)17-14(2,3)4/h1,6-9H,10H2,2-4H3,(H,15,16). The largest absolute Gasteiger partial charge is 0.444 e. The van der Waals surface area contributed by atoms with Crippen LogP contribution in [0.1, 0.15) is 31.9 Å². The van der Waals surface area contributed by atoms with Crippen LogP contribution in [0.2, 0.25) is 0 Å². The van der Waals surface area contributed by atoms with E-state index in [0.717, 1.165) is 11.1 Å². The highest BCUT2D eigenvalue weighted by Gasteiger charge is 2.15. The van der Waals surface area contributed by atoms with Crippen LogP contribution in [0.25, 0.3) is 0 Å². The Morgan fingerprint density at radius 3 is 2.41 bits per heavy atom. The van der Waals surface area contributed by atoms with Gasteiger partial charge in [-0.25, -0.2) is 4.79 Å². The van der Waals surface area contributed by atoms with Crippen molar-refractivity contribution in [2.75, 3.05) is 0 Å². The number of alkyl carbamates (subject to hydrolysis) is 1. The Morgan fingerprint density at radius 1 is 1.35 bits per heavy atom. The minimum Gasteiger partial charge on any atom is -0.444 e. The summed E-state index contributed by atoms with van der Waals surface area (Å²) in [5.41, 5.74) is 1.33. The van der Waals surface area contributed by atoms with Crippen molar-refractivity contribution in [1.29, 1.82) is 0 Å². The van der Waals surface area contributed by atoms with Crippen LogP contribution < -0.4 is 5.32 Å². The van der Waals surface area contributed by atoms with E-state index < -0.39 is 11.7 Å². The van der Waals surface area contributed by atoms with Gasteiger partial charge in [-0.1, -0.05) is 18.1 Å². The first kappa shape index (κ1) is 13.1. The Hall–Kier alpha value is -1.95. The lowest BCUT2D eigenvalue weighted by Crippen LogP contribution is -2.32. The van der Waals surface area contributed by atoms with Crippen molar-refractivity contribution in [1.82, 2.24) is 5.32 Å². The number of benzene rings is 1. The van der Waals surface area contributed by atoms with Gasteiger partial charge in [-0.15, -0.1) is 6.42 Å². The van der Waals surface area contributed by atoms with Crippen molar-refractivity contribution < 1.29 is 9.53 Å². The Balaban J connectivity index is 2.45. The van der Waals surface area contributed by atoms with Gasteiger partial charge in [0.25, 0.3) is 0 Å². The zero-order valence-corrected chi connectivity index (χ0v) is 10.4. The van der Waals surface area contributed by atoms with Crippen LogP contribution in [0.15, 0.2) is 24.3 Å². The number of carbonyl (C=O) groups excluding carboxylic acids is 1. The highest BCUT2D eigenvalue weighted by atomic mass is 16.6. The molecule has 17 heavy (non-hydrogen) atoms. The lowest BCUT2D eigenvalue weighted by Gasteiger charge is -2.19. The summed E-state index contributed by atoms with van der Waals surface area (Å²) in [6, 6.07) is 7.44. The fourth-order valence-electron chi connectivity index (χ4n) is 1.21. The fourth-order valence-corrected chi connectivity index (χ4v) is 1.21. The Morgan fingerprint density at radius 2 is 1.94 bits per heavy atom. The molecule has 3 heteroatoms. The second-order valence-electron chi connectivity index (χ2n) is 4.70. The molecule has 1 aromatic rings. The van der Waals surface area contributed by atoms with E-state index in [1.165, 1.54) is 0 Å². The number of nitrogens with one attached hydrogen (secondary N) is 1. The Kier molecular flexibility index (Phi) is 4.17. The van der Waals surface area contributed by atoms with Crippen LogP contribution >= 0.6 is 0 Å². The maximum absolute atomic E-state index is 11.4. The van der Waals surface area contributed by atoms with Gasteiger partial charge in [0.2, 0.25) is 0 Å². The van der Waals surface area contributed by atoms with Gasteiger partial charge in [0.05, 0.1) is 0 Å². The predicted octanol–water partition coefficient (Wildman–Crippen LogP) is 2.69. The van der Waals surface area contributed by atoms with Crippen LogP contribution in [0.5, 0.6) is 0 Å². The summed E-state index contributed by atoms with van der Waals surface area (Å²) < 4.78 is 5.12. The molecule has 1 amide bonds. The zero-order chi connectivity index (χ0) is 12.9. The number of ether oxygens (including phenoxy) is 1. The van der Waals surface area contributed by atoms with Crippen molar-refractivity contribution in [3.05, 3.63) is 35.4 Å². The van der Waals surface area contributed by atoms with E-state index >= 15 is 0 Å². The van der Waals surface area contributed by atoms with E-state index in [4.69, 9.17) is 11.2 Å². The minimum absolute atomic E-state index is 0.418. The molecule has 0 saturated carbocycles. The molecule has 1 N–H and O–H groups in total. The van der Waals surface area contributed by atoms with Gasteiger partial charge >= 0.3 is 6.09 Å². The first-order valence-corrected chi connectivity index (χ1v) is 5.43. The molecule has 0 radical (unpaired) electrons. The van der Waals surface area contributed by atoms with Gasteiger partial charge in [0, 0.05) is 12.1 Å². The van der Waals surface area contributed by atoms with Crippen LogP contribution in [-0.4, -0.2) is 11.7 Å². The fraction of sp³-hybridized carbons (Fsp3) is 0.357. The Labute approximate surface area is 102 Å². The van der Waals surface area contributed by atoms with Gasteiger partial charge in [0.15, 0.2) is 0 Å². The van der Waals surface area contributed by atoms with Crippen molar-refractivity contribution in [2.45, 2.75) is 32.9 Å². The summed E-state index contributed by atoms with van der Waals surface area (Å²) in [7, 11) is 0. The number of hydrogen-bond acceptors (Lipinski definition) is 2. The molecular formula is C14H17NO2. The van der Waals surface area contributed by atoms with E-state index in [0.29, 0.717) is 6.54 Å². The molecule has 0 atom stereocenters. The number of amides is 1. The summed E-state index contributed by atoms with van der Waals surface area (Å²) in [6.07, 6.45) is 4.83. The third-order valence-corrected chi connectivity index (χ3v) is 1.96. The van der Waals surface area contributed by atoms with E-state index in [-0.39, 0.29) is 0 Å². The summed E-state index contributed by atoms with van der Waals surface area (Å²) >= 11 is 0. The molecule has 1 aromatic carbocycles. The predicted molar refractivity (Wildman–Crippen MR) is 67.5 cm³/mol. The second kappa shape index (κ2) is 5.40. The monoisotopic (exact) mass is 231 g/mol. The van der Waals surface area contributed by atoms with Crippen LogP contribution in [0, 0.1) is 12.3 Å². The lowest BCUT2D eigenvalue weighted by molar-refractivity contribution is 0.0523. The molecule has 0 aliphatic carbocycles. The molecule has 0 aromatic heterocycles. The summed E-state index contributed by atoms with van der Waals surface area (Å²) in [5.74, 6) is 2.54. The maximum Gasteiger partial charge on any atom is 0.407 e. The molecular weight excluding hydrogens is 214 g/mol. The topological polar surface area (TPSA) is 38.3 Å². The van der Waals surface area contributed by atoms with Crippen molar-refractivity contribution in [2.24, 2.45) is 0 Å². The van der Waals surface area contributed by atoms with Crippen molar-refractivity contribution in [3.63, 3.8) is 0 Å². The maximum atomic E-state index is 11.4. The van der Waals surface area contributed by atoms with Gasteiger partial charge < -0.3 is 10.1 Å². The van der Waals surface area contributed by atoms with Gasteiger partial charge in [-0.2, -0.15) is 0 Å². The first-order chi connectivity index (χ1) is 7.90.